The number of aliphatic hydroxyl groups excluding tert-OH is 1. The molecule has 1 aliphatic carbocycles. The molecule has 33 heavy (non-hydrogen) atoms. The van der Waals surface area contributed by atoms with Crippen LogP contribution in [0.3, 0.4) is 0 Å². The van der Waals surface area contributed by atoms with E-state index in [1.807, 2.05) is 0 Å². The number of alkyl halides is 3. The number of hydrogen-bond acceptors (Lipinski definition) is 7. The highest BCUT2D eigenvalue weighted by atomic mass is 35.5. The number of benzene rings is 1. The van der Waals surface area contributed by atoms with Crippen molar-refractivity contribution in [3.8, 4) is 0 Å². The van der Waals surface area contributed by atoms with Crippen LogP contribution in [0.1, 0.15) is 37.8 Å². The smallest absolute Gasteiger partial charge is 0.396 e. The molecule has 3 atom stereocenters. The van der Waals surface area contributed by atoms with Gasteiger partial charge in [0.2, 0.25) is 5.95 Å². The zero-order valence-electron chi connectivity index (χ0n) is 18.0. The summed E-state index contributed by atoms with van der Waals surface area (Å²) in [5.41, 5.74) is 4.96. The zero-order valence-corrected chi connectivity index (χ0v) is 18.7. The summed E-state index contributed by atoms with van der Waals surface area (Å²) in [5, 5.41) is 22.7. The Morgan fingerprint density at radius 3 is 2.67 bits per heavy atom. The first-order chi connectivity index (χ1) is 15.4. The molecule has 1 fully saturated rings. The lowest BCUT2D eigenvalue weighted by atomic mass is 10.1. The summed E-state index contributed by atoms with van der Waals surface area (Å²) >= 11 is 6.02. The molecule has 1 saturated carbocycles. The van der Waals surface area contributed by atoms with Crippen LogP contribution in [-0.2, 0) is 10.9 Å². The second-order valence-corrected chi connectivity index (χ2v) is 8.69. The van der Waals surface area contributed by atoms with Gasteiger partial charge in [0.25, 0.3) is 0 Å². The largest absolute Gasteiger partial charge is 0.416 e. The van der Waals surface area contributed by atoms with Crippen molar-refractivity contribution in [2.45, 2.75) is 50.8 Å². The lowest BCUT2D eigenvalue weighted by molar-refractivity contribution is -0.214. The number of rotatable bonds is 7. The maximum Gasteiger partial charge on any atom is 0.416 e. The molecule has 1 aromatic carbocycles. The van der Waals surface area contributed by atoms with Crippen LogP contribution in [0.25, 0.3) is 0 Å². The number of anilines is 1. The molecule has 0 saturated heterocycles. The van der Waals surface area contributed by atoms with Crippen molar-refractivity contribution < 1.29 is 28.1 Å². The lowest BCUT2D eigenvalue weighted by Gasteiger charge is -2.26. The highest BCUT2D eigenvalue weighted by Gasteiger charge is 2.37. The molecule has 0 aliphatic heterocycles. The first kappa shape index (κ1) is 25.2. The minimum atomic E-state index is -4.55. The Kier molecular flexibility index (Phi) is 7.47. The maximum atomic E-state index is 13.0. The first-order valence-corrected chi connectivity index (χ1v) is 10.6. The van der Waals surface area contributed by atoms with Gasteiger partial charge in [-0.25, -0.2) is 9.98 Å². The quantitative estimate of drug-likeness (QED) is 0.267. The summed E-state index contributed by atoms with van der Waals surface area (Å²) in [6.07, 6.45) is -2.40. The average molecular weight is 488 g/mol. The van der Waals surface area contributed by atoms with E-state index >= 15 is 0 Å². The number of nitrogens with zero attached hydrogens (tertiary/aromatic N) is 3. The van der Waals surface area contributed by atoms with E-state index in [1.54, 1.807) is 0 Å². The Hall–Kier alpha value is -2.47. The van der Waals surface area contributed by atoms with Crippen molar-refractivity contribution in [2.75, 3.05) is 11.9 Å². The summed E-state index contributed by atoms with van der Waals surface area (Å²) < 4.78 is 44.7. The molecule has 1 heterocycles. The average Bonchev–Trinajstić information content (AvgIpc) is 3.06. The fourth-order valence-electron chi connectivity index (χ4n) is 3.66. The van der Waals surface area contributed by atoms with Crippen molar-refractivity contribution in [2.24, 2.45) is 16.6 Å². The van der Waals surface area contributed by atoms with Gasteiger partial charge in [-0.15, -0.1) is 0 Å². The second-order valence-electron chi connectivity index (χ2n) is 8.29. The summed E-state index contributed by atoms with van der Waals surface area (Å²) in [6, 6.07) is 4.12. The minimum absolute atomic E-state index is 0.0236. The van der Waals surface area contributed by atoms with E-state index in [4.69, 9.17) is 22.1 Å². The minimum Gasteiger partial charge on any atom is -0.396 e. The molecule has 180 valence electrons. The van der Waals surface area contributed by atoms with E-state index < -0.39 is 17.5 Å². The molecular weight excluding hydrogens is 463 g/mol. The van der Waals surface area contributed by atoms with E-state index in [9.17, 15) is 23.4 Å². The molecule has 12 heteroatoms. The second kappa shape index (κ2) is 9.80. The van der Waals surface area contributed by atoms with Crippen LogP contribution in [0, 0.1) is 5.92 Å². The van der Waals surface area contributed by atoms with Crippen LogP contribution in [0.5, 0.6) is 0 Å². The highest BCUT2D eigenvalue weighted by Crippen LogP contribution is 2.33. The Labute approximate surface area is 193 Å². The Morgan fingerprint density at radius 2 is 2.03 bits per heavy atom. The van der Waals surface area contributed by atoms with Gasteiger partial charge in [0.15, 0.2) is 11.6 Å². The third-order valence-electron chi connectivity index (χ3n) is 5.08. The van der Waals surface area contributed by atoms with Gasteiger partial charge in [-0.2, -0.15) is 18.2 Å². The van der Waals surface area contributed by atoms with Crippen LogP contribution in [0.4, 0.5) is 24.9 Å². The van der Waals surface area contributed by atoms with Gasteiger partial charge in [-0.1, -0.05) is 11.6 Å². The molecule has 0 bridgehead atoms. The first-order valence-electron chi connectivity index (χ1n) is 10.2. The SMILES string of the molecule is CC(C)(O)OC1C[C@H](Nc2nccc(N=C(N)c3cc(C(F)(F)F)ccc3Cl)n2)C[C@@H]1CO. The topological polar surface area (TPSA) is 126 Å². The number of halogens is 4. The molecule has 1 aliphatic rings. The normalized spacial score (nSPS) is 21.9. The van der Waals surface area contributed by atoms with Crippen molar-refractivity contribution in [1.29, 1.82) is 0 Å². The number of amidine groups is 1. The standard InChI is InChI=1S/C21H25ClF3N5O3/c1-20(2,32)33-16-9-13(7-11(16)10-31)28-19-27-6-5-17(30-19)29-18(26)14-8-12(21(23,24)25)3-4-15(14)22/h3-6,8,11,13,16,31-32H,7,9-10H2,1-2H3,(H3,26,27,28,29,30)/t11-,13-,16?/m1/s1. The molecule has 0 radical (unpaired) electrons. The van der Waals surface area contributed by atoms with Crippen molar-refractivity contribution in [3.63, 3.8) is 0 Å². The molecule has 1 aromatic heterocycles. The van der Waals surface area contributed by atoms with Gasteiger partial charge in [0, 0.05) is 36.4 Å². The number of aliphatic imine (C=N–C) groups is 1. The highest BCUT2D eigenvalue weighted by molar-refractivity contribution is 6.34. The molecular formula is C21H25ClF3N5O3. The molecule has 5 N–H and O–H groups in total. The Bertz CT molecular complexity index is 1010. The summed E-state index contributed by atoms with van der Waals surface area (Å²) in [5.74, 6) is -1.38. The number of nitrogens with two attached hydrogens (primary N) is 1. The molecule has 1 unspecified atom stereocenters. The van der Waals surface area contributed by atoms with Gasteiger partial charge in [0.1, 0.15) is 5.84 Å². The number of nitrogens with one attached hydrogen (secondary N) is 1. The van der Waals surface area contributed by atoms with Gasteiger partial charge in [0.05, 0.1) is 16.7 Å². The summed E-state index contributed by atoms with van der Waals surface area (Å²) in [6.45, 7) is 2.94. The Morgan fingerprint density at radius 1 is 1.30 bits per heavy atom. The van der Waals surface area contributed by atoms with Gasteiger partial charge in [-0.3, -0.25) is 0 Å². The van der Waals surface area contributed by atoms with Gasteiger partial charge < -0.3 is 26.0 Å². The summed E-state index contributed by atoms with van der Waals surface area (Å²) in [4.78, 5) is 12.5. The molecule has 0 amide bonds. The number of hydrogen-bond donors (Lipinski definition) is 4. The van der Waals surface area contributed by atoms with E-state index in [1.165, 1.54) is 26.1 Å². The molecule has 8 nitrogen and oxygen atoms in total. The third kappa shape index (κ3) is 6.76. The fourth-order valence-corrected chi connectivity index (χ4v) is 3.87. The van der Waals surface area contributed by atoms with Gasteiger partial charge in [-0.05, 0) is 44.9 Å². The summed E-state index contributed by atoms with van der Waals surface area (Å²) in [7, 11) is 0. The van der Waals surface area contributed by atoms with Crippen LogP contribution in [0.15, 0.2) is 35.5 Å². The number of ether oxygens (including phenoxy) is 1. The molecule has 3 rings (SSSR count). The predicted octanol–water partition coefficient (Wildman–Crippen LogP) is 3.48. The fraction of sp³-hybridized carbons (Fsp3) is 0.476. The van der Waals surface area contributed by atoms with Crippen molar-refractivity contribution in [3.05, 3.63) is 46.6 Å². The molecule has 0 spiro atoms. The van der Waals surface area contributed by atoms with Crippen LogP contribution in [0.2, 0.25) is 5.02 Å². The van der Waals surface area contributed by atoms with Crippen molar-refractivity contribution in [1.82, 2.24) is 9.97 Å². The van der Waals surface area contributed by atoms with E-state index in [-0.39, 0.29) is 52.9 Å². The van der Waals surface area contributed by atoms with Crippen molar-refractivity contribution >= 4 is 29.2 Å². The predicted molar refractivity (Wildman–Crippen MR) is 117 cm³/mol. The van der Waals surface area contributed by atoms with Crippen LogP contribution < -0.4 is 11.1 Å². The van der Waals surface area contributed by atoms with Crippen LogP contribution in [-0.4, -0.2) is 50.6 Å². The third-order valence-corrected chi connectivity index (χ3v) is 5.41. The zero-order chi connectivity index (χ0) is 24.4. The Balaban J connectivity index is 1.76. The van der Waals surface area contributed by atoms with Crippen LogP contribution >= 0.6 is 11.6 Å². The molecule has 2 aromatic rings. The number of aromatic nitrogens is 2. The van der Waals surface area contributed by atoms with E-state index in [2.05, 4.69) is 20.3 Å². The monoisotopic (exact) mass is 487 g/mol. The lowest BCUT2D eigenvalue weighted by Crippen LogP contribution is -2.33. The van der Waals surface area contributed by atoms with Gasteiger partial charge >= 0.3 is 6.18 Å². The number of aliphatic hydroxyl groups is 2. The van der Waals surface area contributed by atoms with E-state index in [0.29, 0.717) is 12.8 Å². The van der Waals surface area contributed by atoms with E-state index in [0.717, 1.165) is 18.2 Å². The maximum absolute atomic E-state index is 13.0.